The molecule has 0 bridgehead atoms. The van der Waals surface area contributed by atoms with Crippen LogP contribution < -0.4 is 10.1 Å². The summed E-state index contributed by atoms with van der Waals surface area (Å²) in [5.41, 5.74) is 0.861. The van der Waals surface area contributed by atoms with Crippen LogP contribution >= 0.6 is 24.0 Å². The molecule has 1 unspecified atom stereocenters. The van der Waals surface area contributed by atoms with Gasteiger partial charge >= 0.3 is 0 Å². The minimum Gasteiger partial charge on any atom is -0.491 e. The summed E-state index contributed by atoms with van der Waals surface area (Å²) in [6, 6.07) is 5.12. The molecule has 0 amide bonds. The first kappa shape index (κ1) is 24.2. The van der Waals surface area contributed by atoms with Crippen molar-refractivity contribution >= 4 is 29.9 Å². The molecule has 1 atom stereocenters. The summed E-state index contributed by atoms with van der Waals surface area (Å²) >= 11 is 0. The maximum Gasteiger partial charge on any atom is 0.194 e. The van der Waals surface area contributed by atoms with E-state index in [0.717, 1.165) is 31.2 Å². The smallest absolute Gasteiger partial charge is 0.194 e. The monoisotopic (exact) mass is 518 g/mol. The van der Waals surface area contributed by atoms with Gasteiger partial charge in [-0.25, -0.2) is 9.38 Å². The van der Waals surface area contributed by atoms with Gasteiger partial charge in [0.15, 0.2) is 17.5 Å². The van der Waals surface area contributed by atoms with Crippen LogP contribution in [0.3, 0.4) is 0 Å². The van der Waals surface area contributed by atoms with Gasteiger partial charge in [0.05, 0.1) is 13.2 Å². The minimum atomic E-state index is -0.317. The molecule has 5 nitrogen and oxygen atoms in total. The summed E-state index contributed by atoms with van der Waals surface area (Å²) in [4.78, 5) is 9.77. The van der Waals surface area contributed by atoms with Gasteiger partial charge in [0.1, 0.15) is 0 Å². The maximum atomic E-state index is 14.1. The Morgan fingerprint density at radius 3 is 2.69 bits per heavy atom. The summed E-state index contributed by atoms with van der Waals surface area (Å²) in [6.45, 7) is 11.5. The molecular formula is C22H36FIN4O. The Labute approximate surface area is 192 Å². The van der Waals surface area contributed by atoms with Gasteiger partial charge in [0.25, 0.3) is 0 Å². The first-order valence-corrected chi connectivity index (χ1v) is 10.9. The van der Waals surface area contributed by atoms with E-state index in [1.54, 1.807) is 6.07 Å². The molecule has 2 saturated heterocycles. The highest BCUT2D eigenvalue weighted by atomic mass is 127. The summed E-state index contributed by atoms with van der Waals surface area (Å²) in [6.07, 6.45) is 5.30. The number of halogens is 2. The molecular weight excluding hydrogens is 482 g/mol. The second-order valence-electron chi connectivity index (χ2n) is 7.83. The lowest BCUT2D eigenvalue weighted by atomic mass is 10.1. The number of benzene rings is 1. The van der Waals surface area contributed by atoms with Crippen LogP contribution in [0, 0.1) is 11.7 Å². The van der Waals surface area contributed by atoms with Gasteiger partial charge in [0, 0.05) is 26.2 Å². The van der Waals surface area contributed by atoms with Crippen molar-refractivity contribution < 1.29 is 9.13 Å². The lowest BCUT2D eigenvalue weighted by Crippen LogP contribution is -2.41. The zero-order valence-corrected chi connectivity index (χ0v) is 20.2. The van der Waals surface area contributed by atoms with Gasteiger partial charge in [-0.15, -0.1) is 24.0 Å². The van der Waals surface area contributed by atoms with E-state index in [-0.39, 0.29) is 29.8 Å². The molecule has 2 heterocycles. The molecule has 0 spiro atoms. The lowest BCUT2D eigenvalue weighted by molar-refractivity contribution is 0.198. The van der Waals surface area contributed by atoms with Crippen LogP contribution in [0.4, 0.5) is 4.39 Å². The Morgan fingerprint density at radius 1 is 1.21 bits per heavy atom. The molecule has 2 aliphatic heterocycles. The molecule has 164 valence electrons. The molecule has 29 heavy (non-hydrogen) atoms. The van der Waals surface area contributed by atoms with Gasteiger partial charge in [-0.1, -0.05) is 12.5 Å². The van der Waals surface area contributed by atoms with Crippen LogP contribution in [0.2, 0.25) is 0 Å². The Kier molecular flexibility index (Phi) is 10.5. The predicted molar refractivity (Wildman–Crippen MR) is 128 cm³/mol. The highest BCUT2D eigenvalue weighted by molar-refractivity contribution is 14.0. The fraction of sp³-hybridized carbons (Fsp3) is 0.682. The highest BCUT2D eigenvalue weighted by Gasteiger charge is 2.26. The molecule has 7 heteroatoms. The van der Waals surface area contributed by atoms with Crippen LogP contribution in [0.25, 0.3) is 0 Å². The molecule has 2 fully saturated rings. The van der Waals surface area contributed by atoms with E-state index in [0.29, 0.717) is 24.8 Å². The van der Waals surface area contributed by atoms with Crippen LogP contribution in [0.15, 0.2) is 23.2 Å². The predicted octanol–water partition coefficient (Wildman–Crippen LogP) is 4.12. The standard InChI is InChI=1S/C22H35FN4O.HI/c1-3-24-22(25-15-18-8-9-21(28-4-2)20(23)14-18)27-13-10-19(17-27)16-26-11-6-5-7-12-26;/h8-9,14,19H,3-7,10-13,15-17H2,1-2H3,(H,24,25);1H. The van der Waals surface area contributed by atoms with Crippen molar-refractivity contribution in [3.8, 4) is 5.75 Å². The van der Waals surface area contributed by atoms with Crippen molar-refractivity contribution in [1.82, 2.24) is 15.1 Å². The molecule has 1 aromatic carbocycles. The van der Waals surface area contributed by atoms with Crippen molar-refractivity contribution in [3.05, 3.63) is 29.6 Å². The van der Waals surface area contributed by atoms with E-state index in [2.05, 4.69) is 22.0 Å². The number of likely N-dealkylation sites (tertiary alicyclic amines) is 2. The number of nitrogens with zero attached hydrogens (tertiary/aromatic N) is 3. The van der Waals surface area contributed by atoms with Gasteiger partial charge in [-0.3, -0.25) is 0 Å². The number of hydrogen-bond acceptors (Lipinski definition) is 3. The van der Waals surface area contributed by atoms with Crippen LogP contribution in [-0.2, 0) is 6.54 Å². The molecule has 0 saturated carbocycles. The van der Waals surface area contributed by atoms with E-state index in [4.69, 9.17) is 9.73 Å². The zero-order chi connectivity index (χ0) is 19.8. The number of piperidine rings is 1. The third kappa shape index (κ3) is 7.27. The number of ether oxygens (including phenoxy) is 1. The zero-order valence-electron chi connectivity index (χ0n) is 17.8. The first-order valence-electron chi connectivity index (χ1n) is 10.9. The summed E-state index contributed by atoms with van der Waals surface area (Å²) in [7, 11) is 0. The van der Waals surface area contributed by atoms with Crippen molar-refractivity contribution in [1.29, 1.82) is 0 Å². The summed E-state index contributed by atoms with van der Waals surface area (Å²) in [5.74, 6) is 1.65. The molecule has 0 aromatic heterocycles. The maximum absolute atomic E-state index is 14.1. The Bertz CT molecular complexity index is 652. The number of rotatable bonds is 7. The lowest BCUT2D eigenvalue weighted by Gasteiger charge is -2.29. The summed E-state index contributed by atoms with van der Waals surface area (Å²) in [5, 5.41) is 3.41. The topological polar surface area (TPSA) is 40.1 Å². The van der Waals surface area contributed by atoms with Gasteiger partial charge in [-0.05, 0) is 69.8 Å². The number of nitrogens with one attached hydrogen (secondary N) is 1. The van der Waals surface area contributed by atoms with Crippen LogP contribution in [-0.4, -0.2) is 61.6 Å². The van der Waals surface area contributed by atoms with Crippen molar-refractivity contribution in [2.75, 3.05) is 45.9 Å². The summed E-state index contributed by atoms with van der Waals surface area (Å²) < 4.78 is 19.4. The third-order valence-corrected chi connectivity index (χ3v) is 5.59. The minimum absolute atomic E-state index is 0. The van der Waals surface area contributed by atoms with Crippen molar-refractivity contribution in [2.45, 2.75) is 46.1 Å². The van der Waals surface area contributed by atoms with E-state index in [1.165, 1.54) is 51.4 Å². The van der Waals surface area contributed by atoms with Crippen LogP contribution in [0.5, 0.6) is 5.75 Å². The normalized spacial score (nSPS) is 20.4. The van der Waals surface area contributed by atoms with Crippen molar-refractivity contribution in [2.24, 2.45) is 10.9 Å². The average Bonchev–Trinajstić information content (AvgIpc) is 3.16. The number of aliphatic imine (C=N–C) groups is 1. The van der Waals surface area contributed by atoms with E-state index < -0.39 is 0 Å². The molecule has 1 N–H and O–H groups in total. The molecule has 3 rings (SSSR count). The quantitative estimate of drug-likeness (QED) is 0.335. The van der Waals surface area contributed by atoms with Crippen LogP contribution in [0.1, 0.15) is 45.1 Å². The SMILES string of the molecule is CCNC(=NCc1ccc(OCC)c(F)c1)N1CCC(CN2CCCCC2)C1.I. The second kappa shape index (κ2) is 12.6. The first-order chi connectivity index (χ1) is 13.7. The largest absolute Gasteiger partial charge is 0.491 e. The van der Waals surface area contributed by atoms with Gasteiger partial charge in [0.2, 0.25) is 0 Å². The highest BCUT2D eigenvalue weighted by Crippen LogP contribution is 2.21. The van der Waals surface area contributed by atoms with Gasteiger partial charge < -0.3 is 19.9 Å². The third-order valence-electron chi connectivity index (χ3n) is 5.59. The Balaban J connectivity index is 0.00000300. The van der Waals surface area contributed by atoms with Crippen molar-refractivity contribution in [3.63, 3.8) is 0 Å². The fourth-order valence-electron chi connectivity index (χ4n) is 4.19. The van der Waals surface area contributed by atoms with E-state index >= 15 is 0 Å². The molecule has 1 aromatic rings. The van der Waals surface area contributed by atoms with E-state index in [9.17, 15) is 4.39 Å². The average molecular weight is 518 g/mol. The second-order valence-corrected chi connectivity index (χ2v) is 7.83. The number of hydrogen-bond donors (Lipinski definition) is 1. The Morgan fingerprint density at radius 2 is 2.00 bits per heavy atom. The molecule has 0 radical (unpaired) electrons. The van der Waals surface area contributed by atoms with Gasteiger partial charge in [-0.2, -0.15) is 0 Å². The molecule has 2 aliphatic rings. The Hall–Kier alpha value is -1.09. The fourth-order valence-corrected chi connectivity index (χ4v) is 4.19. The molecule has 0 aliphatic carbocycles. The van der Waals surface area contributed by atoms with E-state index in [1.807, 2.05) is 13.0 Å². The number of guanidine groups is 1.